The summed E-state index contributed by atoms with van der Waals surface area (Å²) in [4.78, 5) is 19.9. The van der Waals surface area contributed by atoms with Crippen molar-refractivity contribution in [2.24, 2.45) is 0 Å². The van der Waals surface area contributed by atoms with Crippen LogP contribution in [0.5, 0.6) is 0 Å². The maximum Gasteiger partial charge on any atom is 0.407 e. The number of H-pyrrole nitrogens is 1. The molecule has 2 aromatic carbocycles. The summed E-state index contributed by atoms with van der Waals surface area (Å²) in [5.41, 5.74) is 1.98. The van der Waals surface area contributed by atoms with E-state index in [1.165, 1.54) is 0 Å². The Morgan fingerprint density at radius 3 is 2.48 bits per heavy atom. The fraction of sp³-hybridized carbons (Fsp3) is 0.333. The van der Waals surface area contributed by atoms with Crippen LogP contribution in [-0.4, -0.2) is 32.8 Å². The van der Waals surface area contributed by atoms with Crippen LogP contribution in [0.3, 0.4) is 0 Å². The molecule has 0 saturated carbocycles. The number of rotatable bonds is 5. The lowest BCUT2D eigenvalue weighted by Crippen LogP contribution is -2.43. The van der Waals surface area contributed by atoms with Gasteiger partial charge < -0.3 is 20.1 Å². The number of carbonyl (C=O) groups excluding carboxylic acids is 1. The molecule has 0 radical (unpaired) electrons. The van der Waals surface area contributed by atoms with Gasteiger partial charge in [0.1, 0.15) is 17.5 Å². The van der Waals surface area contributed by atoms with E-state index in [1.807, 2.05) is 54.6 Å². The number of hydrogen-bond donors (Lipinski definition) is 3. The first-order chi connectivity index (χ1) is 12.8. The van der Waals surface area contributed by atoms with Gasteiger partial charge in [-0.1, -0.05) is 42.5 Å². The molecule has 0 bridgehead atoms. The van der Waals surface area contributed by atoms with Gasteiger partial charge in [-0.15, -0.1) is 0 Å². The summed E-state index contributed by atoms with van der Waals surface area (Å²) in [5.74, 6) is 0.410. The van der Waals surface area contributed by atoms with Crippen LogP contribution in [0, 0.1) is 0 Å². The second-order valence-corrected chi connectivity index (χ2v) is 7.53. The largest absolute Gasteiger partial charge is 0.444 e. The Labute approximate surface area is 158 Å². The first-order valence-electron chi connectivity index (χ1n) is 8.98. The number of aromatic nitrogens is 2. The van der Waals surface area contributed by atoms with E-state index in [4.69, 9.17) is 4.74 Å². The zero-order valence-electron chi connectivity index (χ0n) is 15.8. The maximum absolute atomic E-state index is 12.3. The van der Waals surface area contributed by atoms with Crippen LogP contribution in [0.4, 0.5) is 4.79 Å². The first kappa shape index (κ1) is 18.9. The number of aliphatic hydroxyl groups excluding tert-OH is 1. The smallest absolute Gasteiger partial charge is 0.407 e. The zero-order valence-corrected chi connectivity index (χ0v) is 15.8. The van der Waals surface area contributed by atoms with Gasteiger partial charge in [0.25, 0.3) is 0 Å². The van der Waals surface area contributed by atoms with Crippen molar-refractivity contribution in [1.82, 2.24) is 15.3 Å². The quantitative estimate of drug-likeness (QED) is 0.641. The van der Waals surface area contributed by atoms with Crippen LogP contribution in [0.25, 0.3) is 11.0 Å². The van der Waals surface area contributed by atoms with Crippen LogP contribution in [0.1, 0.15) is 38.3 Å². The van der Waals surface area contributed by atoms with Crippen molar-refractivity contribution < 1.29 is 14.6 Å². The average molecular weight is 367 g/mol. The van der Waals surface area contributed by atoms with Crippen LogP contribution in [0.2, 0.25) is 0 Å². The number of fused-ring (bicyclic) bond motifs is 1. The van der Waals surface area contributed by atoms with Gasteiger partial charge in [0.2, 0.25) is 0 Å². The third kappa shape index (κ3) is 5.08. The predicted molar refractivity (Wildman–Crippen MR) is 104 cm³/mol. The number of amides is 1. The summed E-state index contributed by atoms with van der Waals surface area (Å²) in [6.45, 7) is 5.40. The average Bonchev–Trinajstić information content (AvgIpc) is 3.04. The number of ether oxygens (including phenoxy) is 1. The van der Waals surface area contributed by atoms with Crippen molar-refractivity contribution in [3.05, 3.63) is 66.0 Å². The molecule has 0 saturated heterocycles. The van der Waals surface area contributed by atoms with E-state index in [-0.39, 0.29) is 0 Å². The minimum atomic E-state index is -1.01. The standard InChI is InChI=1S/C21H25N3O3/c1-21(2,3)27-20(26)24-17(13-14-9-5-4-6-10-14)18(25)19-22-15-11-7-8-12-16(15)23-19/h4-12,17-18,25H,13H2,1-3H3,(H,22,23)(H,24,26)/t17-,18?/m0/s1. The van der Waals surface area contributed by atoms with Crippen molar-refractivity contribution in [2.45, 2.75) is 44.9 Å². The number of para-hydroxylation sites is 2. The van der Waals surface area contributed by atoms with Crippen molar-refractivity contribution >= 4 is 17.1 Å². The number of benzene rings is 2. The Kier molecular flexibility index (Phi) is 5.46. The molecule has 1 amide bonds. The van der Waals surface area contributed by atoms with Crippen LogP contribution in [0.15, 0.2) is 54.6 Å². The van der Waals surface area contributed by atoms with Gasteiger partial charge in [0, 0.05) is 0 Å². The number of imidazole rings is 1. The number of hydrogen-bond acceptors (Lipinski definition) is 4. The van der Waals surface area contributed by atoms with Crippen molar-refractivity contribution in [3.63, 3.8) is 0 Å². The van der Waals surface area contributed by atoms with E-state index >= 15 is 0 Å². The molecule has 0 aliphatic carbocycles. The fourth-order valence-electron chi connectivity index (χ4n) is 2.87. The monoisotopic (exact) mass is 367 g/mol. The molecule has 1 heterocycles. The third-order valence-corrected chi connectivity index (χ3v) is 4.07. The molecule has 3 aromatic rings. The SMILES string of the molecule is CC(C)(C)OC(=O)N[C@@H](Cc1ccccc1)C(O)c1nc2ccccc2[nH]1. The van der Waals surface area contributed by atoms with Gasteiger partial charge in [-0.3, -0.25) is 0 Å². The van der Waals surface area contributed by atoms with E-state index in [1.54, 1.807) is 20.8 Å². The van der Waals surface area contributed by atoms with Gasteiger partial charge in [-0.05, 0) is 44.9 Å². The van der Waals surface area contributed by atoms with Crippen molar-refractivity contribution in [2.75, 3.05) is 0 Å². The highest BCUT2D eigenvalue weighted by Gasteiger charge is 2.28. The van der Waals surface area contributed by atoms with Gasteiger partial charge in [0.05, 0.1) is 17.1 Å². The van der Waals surface area contributed by atoms with Crippen LogP contribution < -0.4 is 5.32 Å². The highest BCUT2D eigenvalue weighted by atomic mass is 16.6. The summed E-state index contributed by atoms with van der Waals surface area (Å²) in [6, 6.07) is 16.6. The second kappa shape index (κ2) is 7.80. The molecule has 3 N–H and O–H groups in total. The summed E-state index contributed by atoms with van der Waals surface area (Å²) in [7, 11) is 0. The maximum atomic E-state index is 12.3. The lowest BCUT2D eigenvalue weighted by Gasteiger charge is -2.26. The number of alkyl carbamates (subject to hydrolysis) is 1. The predicted octanol–water partition coefficient (Wildman–Crippen LogP) is 3.73. The number of nitrogens with one attached hydrogen (secondary N) is 2. The molecule has 0 aliphatic rings. The molecule has 1 unspecified atom stereocenters. The molecule has 0 aliphatic heterocycles. The molecule has 0 spiro atoms. The summed E-state index contributed by atoms with van der Waals surface area (Å²) in [6.07, 6.45) is -1.14. The molecule has 1 aromatic heterocycles. The zero-order chi connectivity index (χ0) is 19.4. The van der Waals surface area contributed by atoms with E-state index in [0.29, 0.717) is 12.2 Å². The van der Waals surface area contributed by atoms with Gasteiger partial charge >= 0.3 is 6.09 Å². The first-order valence-corrected chi connectivity index (χ1v) is 8.98. The normalized spacial score (nSPS) is 13.9. The summed E-state index contributed by atoms with van der Waals surface area (Å²) < 4.78 is 5.36. The summed E-state index contributed by atoms with van der Waals surface area (Å²) >= 11 is 0. The van der Waals surface area contributed by atoms with Crippen molar-refractivity contribution in [1.29, 1.82) is 0 Å². The molecular formula is C21H25N3O3. The van der Waals surface area contributed by atoms with Crippen LogP contribution >= 0.6 is 0 Å². The van der Waals surface area contributed by atoms with Gasteiger partial charge in [-0.25, -0.2) is 9.78 Å². The van der Waals surface area contributed by atoms with E-state index in [9.17, 15) is 9.90 Å². The second-order valence-electron chi connectivity index (χ2n) is 7.53. The number of nitrogens with zero attached hydrogens (tertiary/aromatic N) is 1. The number of aliphatic hydroxyl groups is 1. The highest BCUT2D eigenvalue weighted by molar-refractivity contribution is 5.75. The molecule has 3 rings (SSSR count). The Morgan fingerprint density at radius 1 is 1.15 bits per heavy atom. The minimum Gasteiger partial charge on any atom is -0.444 e. The van der Waals surface area contributed by atoms with E-state index < -0.39 is 23.8 Å². The Bertz CT molecular complexity index is 867. The lowest BCUT2D eigenvalue weighted by molar-refractivity contribution is 0.0414. The van der Waals surface area contributed by atoms with Crippen LogP contribution in [-0.2, 0) is 11.2 Å². The molecule has 6 nitrogen and oxygen atoms in total. The molecular weight excluding hydrogens is 342 g/mol. The van der Waals surface area contributed by atoms with Gasteiger partial charge in [0.15, 0.2) is 0 Å². The fourth-order valence-corrected chi connectivity index (χ4v) is 2.87. The lowest BCUT2D eigenvalue weighted by atomic mass is 10.0. The molecule has 6 heteroatoms. The summed E-state index contributed by atoms with van der Waals surface area (Å²) in [5, 5.41) is 13.7. The molecule has 27 heavy (non-hydrogen) atoms. The molecule has 2 atom stereocenters. The third-order valence-electron chi connectivity index (χ3n) is 4.07. The van der Waals surface area contributed by atoms with E-state index in [2.05, 4.69) is 15.3 Å². The molecule has 0 fully saturated rings. The Morgan fingerprint density at radius 2 is 1.81 bits per heavy atom. The Balaban J connectivity index is 1.84. The van der Waals surface area contributed by atoms with Crippen molar-refractivity contribution in [3.8, 4) is 0 Å². The number of carbonyl (C=O) groups is 1. The van der Waals surface area contributed by atoms with E-state index in [0.717, 1.165) is 16.6 Å². The Hall–Kier alpha value is -2.86. The number of aromatic amines is 1. The highest BCUT2D eigenvalue weighted by Crippen LogP contribution is 2.21. The molecule has 142 valence electrons. The topological polar surface area (TPSA) is 87.2 Å². The minimum absolute atomic E-state index is 0.410. The van der Waals surface area contributed by atoms with Gasteiger partial charge in [-0.2, -0.15) is 0 Å².